The second-order valence-electron chi connectivity index (χ2n) is 4.72. The van der Waals surface area contributed by atoms with Gasteiger partial charge in [0, 0.05) is 25.6 Å². The van der Waals surface area contributed by atoms with E-state index in [4.69, 9.17) is 9.47 Å². The lowest BCUT2D eigenvalue weighted by Gasteiger charge is -2.42. The number of nitro groups is 1. The topological polar surface area (TPSA) is 73.6 Å². The van der Waals surface area contributed by atoms with Crippen molar-refractivity contribution in [1.82, 2.24) is 5.32 Å². The smallest absolute Gasteiger partial charge is 0.311 e. The van der Waals surface area contributed by atoms with Gasteiger partial charge in [-0.25, -0.2) is 0 Å². The monoisotopic (exact) mass is 266 g/mol. The maximum atomic E-state index is 11.0. The Hall–Kier alpha value is -1.66. The maximum absolute atomic E-state index is 11.0. The van der Waals surface area contributed by atoms with Gasteiger partial charge in [-0.15, -0.1) is 0 Å². The highest BCUT2D eigenvalue weighted by Gasteiger charge is 2.43. The van der Waals surface area contributed by atoms with Crippen molar-refractivity contribution in [3.05, 3.63) is 33.9 Å². The van der Waals surface area contributed by atoms with Crippen LogP contribution in [0.25, 0.3) is 0 Å². The fraction of sp³-hybridized carbons (Fsp3) is 0.538. The van der Waals surface area contributed by atoms with Crippen LogP contribution in [-0.4, -0.2) is 37.3 Å². The number of nitrogens with one attached hydrogen (secondary N) is 1. The van der Waals surface area contributed by atoms with Crippen LogP contribution in [0.2, 0.25) is 0 Å². The summed E-state index contributed by atoms with van der Waals surface area (Å²) in [6, 6.07) is 5.20. The van der Waals surface area contributed by atoms with E-state index in [1.807, 2.05) is 14.0 Å². The number of hydrogen-bond acceptors (Lipinski definition) is 5. The van der Waals surface area contributed by atoms with Crippen LogP contribution in [0.1, 0.15) is 12.0 Å². The van der Waals surface area contributed by atoms with E-state index in [0.717, 1.165) is 12.0 Å². The van der Waals surface area contributed by atoms with E-state index in [1.54, 1.807) is 19.2 Å². The van der Waals surface area contributed by atoms with Crippen molar-refractivity contribution in [3.63, 3.8) is 0 Å². The van der Waals surface area contributed by atoms with Crippen LogP contribution in [0, 0.1) is 17.0 Å². The second kappa shape index (κ2) is 5.54. The number of ether oxygens (including phenoxy) is 2. The van der Waals surface area contributed by atoms with E-state index >= 15 is 0 Å². The molecular formula is C13H18N2O4. The van der Waals surface area contributed by atoms with Crippen LogP contribution in [0.3, 0.4) is 0 Å². The van der Waals surface area contributed by atoms with Crippen LogP contribution in [-0.2, 0) is 4.74 Å². The molecule has 1 saturated carbocycles. The number of hydrogen-bond donors (Lipinski definition) is 1. The zero-order valence-electron chi connectivity index (χ0n) is 11.3. The molecule has 0 heterocycles. The summed E-state index contributed by atoms with van der Waals surface area (Å²) < 4.78 is 11.1. The molecule has 1 fully saturated rings. The Morgan fingerprint density at radius 1 is 1.47 bits per heavy atom. The first-order valence-corrected chi connectivity index (χ1v) is 6.18. The van der Waals surface area contributed by atoms with Crippen molar-refractivity contribution in [3.8, 4) is 5.75 Å². The van der Waals surface area contributed by atoms with Crippen LogP contribution >= 0.6 is 0 Å². The summed E-state index contributed by atoms with van der Waals surface area (Å²) in [6.45, 7) is 1.81. The number of benzene rings is 1. The first-order valence-electron chi connectivity index (χ1n) is 6.18. The van der Waals surface area contributed by atoms with Crippen molar-refractivity contribution >= 4 is 5.69 Å². The molecule has 6 heteroatoms. The maximum Gasteiger partial charge on any atom is 0.311 e. The van der Waals surface area contributed by atoms with Crippen molar-refractivity contribution in [2.75, 3.05) is 14.2 Å². The van der Waals surface area contributed by atoms with E-state index in [0.29, 0.717) is 5.75 Å². The van der Waals surface area contributed by atoms with Gasteiger partial charge >= 0.3 is 5.69 Å². The van der Waals surface area contributed by atoms with Crippen LogP contribution < -0.4 is 10.1 Å². The zero-order chi connectivity index (χ0) is 14.0. The quantitative estimate of drug-likeness (QED) is 0.648. The van der Waals surface area contributed by atoms with E-state index in [9.17, 15) is 10.1 Å². The van der Waals surface area contributed by atoms with Crippen molar-refractivity contribution < 1.29 is 14.4 Å². The van der Waals surface area contributed by atoms with Gasteiger partial charge in [-0.1, -0.05) is 6.07 Å². The van der Waals surface area contributed by atoms with Gasteiger partial charge in [-0.3, -0.25) is 10.1 Å². The fourth-order valence-electron chi connectivity index (χ4n) is 2.33. The lowest BCUT2D eigenvalue weighted by molar-refractivity contribution is -0.386. The Morgan fingerprint density at radius 2 is 2.21 bits per heavy atom. The highest BCUT2D eigenvalue weighted by Crippen LogP contribution is 2.34. The molecule has 3 atom stereocenters. The first kappa shape index (κ1) is 13.8. The predicted octanol–water partition coefficient (Wildman–Crippen LogP) is 1.66. The molecule has 0 aliphatic heterocycles. The standard InChI is InChI=1S/C13H18N2O4/c1-8-4-5-11(10(6-8)15(16)17)19-12-7-9(14-2)13(12)18-3/h4-6,9,12-14H,7H2,1-3H3. The molecule has 1 aliphatic rings. The summed E-state index contributed by atoms with van der Waals surface area (Å²) >= 11 is 0. The number of nitro benzene ring substituents is 1. The average Bonchev–Trinajstić information content (AvgIpc) is 2.35. The Bertz CT molecular complexity index is 478. The van der Waals surface area contributed by atoms with Gasteiger partial charge in [-0.2, -0.15) is 0 Å². The molecule has 0 bridgehead atoms. The number of likely N-dealkylation sites (N-methyl/N-ethyl adjacent to an activating group) is 1. The first-order chi connectivity index (χ1) is 9.06. The molecule has 19 heavy (non-hydrogen) atoms. The molecule has 1 N–H and O–H groups in total. The largest absolute Gasteiger partial charge is 0.481 e. The molecule has 0 amide bonds. The lowest BCUT2D eigenvalue weighted by atomic mass is 9.85. The molecule has 1 aromatic carbocycles. The molecule has 0 saturated heterocycles. The third kappa shape index (κ3) is 2.69. The van der Waals surface area contributed by atoms with E-state index in [-0.39, 0.29) is 23.9 Å². The van der Waals surface area contributed by atoms with Gasteiger partial charge in [0.1, 0.15) is 12.2 Å². The van der Waals surface area contributed by atoms with Crippen molar-refractivity contribution in [2.24, 2.45) is 0 Å². The van der Waals surface area contributed by atoms with E-state index < -0.39 is 4.92 Å². The van der Waals surface area contributed by atoms with Gasteiger partial charge in [-0.05, 0) is 25.6 Å². The average molecular weight is 266 g/mol. The SMILES string of the molecule is CNC1CC(Oc2ccc(C)cc2[N+](=O)[O-])C1OC. The van der Waals surface area contributed by atoms with Crippen LogP contribution in [0.4, 0.5) is 5.69 Å². The predicted molar refractivity (Wildman–Crippen MR) is 70.5 cm³/mol. The molecule has 6 nitrogen and oxygen atoms in total. The molecule has 2 rings (SSSR count). The highest BCUT2D eigenvalue weighted by molar-refractivity contribution is 5.48. The molecule has 1 aromatic rings. The molecule has 3 unspecified atom stereocenters. The molecule has 1 aliphatic carbocycles. The number of methoxy groups -OCH3 is 1. The van der Waals surface area contributed by atoms with Gasteiger partial charge in [0.2, 0.25) is 0 Å². The summed E-state index contributed by atoms with van der Waals surface area (Å²) in [6.07, 6.45) is 0.551. The van der Waals surface area contributed by atoms with Gasteiger partial charge in [0.05, 0.1) is 4.92 Å². The molecule has 104 valence electrons. The summed E-state index contributed by atoms with van der Waals surface area (Å²) in [4.78, 5) is 10.6. The zero-order valence-corrected chi connectivity index (χ0v) is 11.3. The Balaban J connectivity index is 2.14. The minimum absolute atomic E-state index is 0.00256. The summed E-state index contributed by atoms with van der Waals surface area (Å²) in [7, 11) is 3.48. The second-order valence-corrected chi connectivity index (χ2v) is 4.72. The molecule has 0 aromatic heterocycles. The Labute approximate surface area is 111 Å². The minimum Gasteiger partial charge on any atom is -0.481 e. The van der Waals surface area contributed by atoms with Crippen molar-refractivity contribution in [2.45, 2.75) is 31.6 Å². The van der Waals surface area contributed by atoms with E-state index in [2.05, 4.69) is 5.32 Å². The van der Waals surface area contributed by atoms with Crippen LogP contribution in [0.5, 0.6) is 5.75 Å². The lowest BCUT2D eigenvalue weighted by Crippen LogP contribution is -2.60. The highest BCUT2D eigenvalue weighted by atomic mass is 16.6. The summed E-state index contributed by atoms with van der Waals surface area (Å²) in [5, 5.41) is 14.1. The van der Waals surface area contributed by atoms with Gasteiger partial charge in [0.15, 0.2) is 5.75 Å². The number of rotatable bonds is 5. The normalized spacial score (nSPS) is 25.7. The van der Waals surface area contributed by atoms with Crippen LogP contribution in [0.15, 0.2) is 18.2 Å². The Morgan fingerprint density at radius 3 is 2.79 bits per heavy atom. The van der Waals surface area contributed by atoms with Gasteiger partial charge in [0.25, 0.3) is 0 Å². The minimum atomic E-state index is -0.418. The number of nitrogens with zero attached hydrogens (tertiary/aromatic N) is 1. The molecule has 0 spiro atoms. The number of aryl methyl sites for hydroxylation is 1. The summed E-state index contributed by atoms with van der Waals surface area (Å²) in [5.74, 6) is 0.303. The van der Waals surface area contributed by atoms with Crippen molar-refractivity contribution in [1.29, 1.82) is 0 Å². The summed E-state index contributed by atoms with van der Waals surface area (Å²) in [5.41, 5.74) is 0.840. The Kier molecular flexibility index (Phi) is 4.01. The third-order valence-corrected chi connectivity index (χ3v) is 3.48. The molecule has 0 radical (unpaired) electrons. The third-order valence-electron chi connectivity index (χ3n) is 3.48. The van der Waals surface area contributed by atoms with Gasteiger partial charge < -0.3 is 14.8 Å². The molecular weight excluding hydrogens is 248 g/mol. The van der Waals surface area contributed by atoms with E-state index in [1.165, 1.54) is 6.07 Å². The fourth-order valence-corrected chi connectivity index (χ4v) is 2.33.